The van der Waals surface area contributed by atoms with Gasteiger partial charge in [0.2, 0.25) is 0 Å². The van der Waals surface area contributed by atoms with Crippen molar-refractivity contribution >= 4 is 11.7 Å². The SMILES string of the molecule is CCCc1c(C(=O)NCCCOCC2CCCO2)[nH]c(C)c1C(C)=O. The van der Waals surface area contributed by atoms with E-state index in [4.69, 9.17) is 9.47 Å². The lowest BCUT2D eigenvalue weighted by Gasteiger charge is -2.10. The largest absolute Gasteiger partial charge is 0.379 e. The highest BCUT2D eigenvalue weighted by molar-refractivity contribution is 6.02. The minimum Gasteiger partial charge on any atom is -0.379 e. The Balaban J connectivity index is 1.79. The van der Waals surface area contributed by atoms with Gasteiger partial charge >= 0.3 is 0 Å². The molecule has 1 aromatic rings. The second-order valence-electron chi connectivity index (χ2n) is 6.60. The predicted octanol–water partition coefficient (Wildman–Crippen LogP) is 2.79. The van der Waals surface area contributed by atoms with E-state index in [1.807, 2.05) is 13.8 Å². The van der Waals surface area contributed by atoms with Crippen LogP contribution in [0.3, 0.4) is 0 Å². The number of amides is 1. The summed E-state index contributed by atoms with van der Waals surface area (Å²) in [5, 5.41) is 2.91. The third-order valence-electron chi connectivity index (χ3n) is 4.45. The van der Waals surface area contributed by atoms with Gasteiger partial charge in [-0.2, -0.15) is 0 Å². The maximum absolute atomic E-state index is 12.5. The monoisotopic (exact) mass is 350 g/mol. The van der Waals surface area contributed by atoms with Crippen molar-refractivity contribution < 1.29 is 19.1 Å². The van der Waals surface area contributed by atoms with E-state index < -0.39 is 0 Å². The summed E-state index contributed by atoms with van der Waals surface area (Å²) in [6, 6.07) is 0. The number of carbonyl (C=O) groups is 2. The molecule has 6 nitrogen and oxygen atoms in total. The fraction of sp³-hybridized carbons (Fsp3) is 0.684. The molecule has 1 atom stereocenters. The zero-order valence-electron chi connectivity index (χ0n) is 15.6. The van der Waals surface area contributed by atoms with Crippen LogP contribution in [0.25, 0.3) is 0 Å². The molecular weight excluding hydrogens is 320 g/mol. The molecule has 0 aromatic carbocycles. The van der Waals surface area contributed by atoms with Crippen LogP contribution < -0.4 is 5.32 Å². The number of nitrogens with one attached hydrogen (secondary N) is 2. The molecule has 2 N–H and O–H groups in total. The van der Waals surface area contributed by atoms with Crippen molar-refractivity contribution in [3.63, 3.8) is 0 Å². The van der Waals surface area contributed by atoms with Crippen LogP contribution >= 0.6 is 0 Å². The molecule has 0 aliphatic carbocycles. The molecule has 0 spiro atoms. The van der Waals surface area contributed by atoms with Crippen molar-refractivity contribution in [3.8, 4) is 0 Å². The number of aromatic amines is 1. The molecule has 2 heterocycles. The van der Waals surface area contributed by atoms with Crippen LogP contribution in [-0.2, 0) is 15.9 Å². The highest BCUT2D eigenvalue weighted by atomic mass is 16.5. The number of aromatic nitrogens is 1. The number of carbonyl (C=O) groups excluding carboxylic acids is 2. The Morgan fingerprint density at radius 2 is 2.20 bits per heavy atom. The first kappa shape index (κ1) is 19.7. The van der Waals surface area contributed by atoms with Crippen LogP contribution in [0.5, 0.6) is 0 Å². The zero-order valence-corrected chi connectivity index (χ0v) is 15.6. The Bertz CT molecular complexity index is 588. The van der Waals surface area contributed by atoms with E-state index in [0.29, 0.717) is 37.4 Å². The average Bonchev–Trinajstić information content (AvgIpc) is 3.18. The number of hydrogen-bond acceptors (Lipinski definition) is 4. The first-order chi connectivity index (χ1) is 12.0. The van der Waals surface area contributed by atoms with Crippen LogP contribution in [0.15, 0.2) is 0 Å². The third-order valence-corrected chi connectivity index (χ3v) is 4.45. The maximum Gasteiger partial charge on any atom is 0.268 e. The van der Waals surface area contributed by atoms with Crippen molar-refractivity contribution in [1.82, 2.24) is 10.3 Å². The topological polar surface area (TPSA) is 80.4 Å². The number of aryl methyl sites for hydroxylation is 1. The normalized spacial score (nSPS) is 17.0. The number of Topliss-reactive ketones (excluding diaryl/α,β-unsaturated/α-hetero) is 1. The van der Waals surface area contributed by atoms with E-state index in [9.17, 15) is 9.59 Å². The molecular formula is C19H30N2O4. The van der Waals surface area contributed by atoms with E-state index in [2.05, 4.69) is 10.3 Å². The van der Waals surface area contributed by atoms with Crippen molar-refractivity contribution in [2.75, 3.05) is 26.4 Å². The number of ketones is 1. The predicted molar refractivity (Wildman–Crippen MR) is 96.3 cm³/mol. The van der Waals surface area contributed by atoms with Gasteiger partial charge in [-0.3, -0.25) is 9.59 Å². The molecule has 1 fully saturated rings. The Hall–Kier alpha value is -1.66. The quantitative estimate of drug-likeness (QED) is 0.502. The van der Waals surface area contributed by atoms with Crippen molar-refractivity contribution in [3.05, 3.63) is 22.5 Å². The molecule has 0 bridgehead atoms. The van der Waals surface area contributed by atoms with Gasteiger partial charge in [-0.25, -0.2) is 0 Å². The summed E-state index contributed by atoms with van der Waals surface area (Å²) in [5.74, 6) is -0.156. The first-order valence-corrected chi connectivity index (χ1v) is 9.24. The van der Waals surface area contributed by atoms with Gasteiger partial charge in [-0.05, 0) is 45.1 Å². The summed E-state index contributed by atoms with van der Waals surface area (Å²) in [6.07, 6.45) is 4.77. The van der Waals surface area contributed by atoms with Gasteiger partial charge in [0.25, 0.3) is 5.91 Å². The first-order valence-electron chi connectivity index (χ1n) is 9.24. The van der Waals surface area contributed by atoms with Crippen LogP contribution in [0.2, 0.25) is 0 Å². The number of H-pyrrole nitrogens is 1. The summed E-state index contributed by atoms with van der Waals surface area (Å²) in [7, 11) is 0. The molecule has 25 heavy (non-hydrogen) atoms. The summed E-state index contributed by atoms with van der Waals surface area (Å²) in [4.78, 5) is 27.4. The summed E-state index contributed by atoms with van der Waals surface area (Å²) in [5.41, 5.74) is 2.78. The van der Waals surface area contributed by atoms with Gasteiger partial charge in [0, 0.05) is 31.0 Å². The van der Waals surface area contributed by atoms with E-state index in [1.165, 1.54) is 0 Å². The number of ether oxygens (including phenoxy) is 2. The van der Waals surface area contributed by atoms with Crippen molar-refractivity contribution in [1.29, 1.82) is 0 Å². The molecule has 0 saturated carbocycles. The molecule has 6 heteroatoms. The lowest BCUT2D eigenvalue weighted by Crippen LogP contribution is -2.27. The van der Waals surface area contributed by atoms with Crippen LogP contribution in [0.4, 0.5) is 0 Å². The molecule has 140 valence electrons. The molecule has 0 radical (unpaired) electrons. The Morgan fingerprint density at radius 3 is 2.84 bits per heavy atom. The van der Waals surface area contributed by atoms with E-state index >= 15 is 0 Å². The Labute approximate surface area is 149 Å². The lowest BCUT2D eigenvalue weighted by molar-refractivity contribution is 0.0166. The second-order valence-corrected chi connectivity index (χ2v) is 6.60. The lowest BCUT2D eigenvalue weighted by atomic mass is 10.0. The zero-order chi connectivity index (χ0) is 18.2. The van der Waals surface area contributed by atoms with Crippen molar-refractivity contribution in [2.45, 2.75) is 59.0 Å². The van der Waals surface area contributed by atoms with Gasteiger partial charge in [-0.15, -0.1) is 0 Å². The minimum atomic E-state index is -0.154. The molecule has 1 saturated heterocycles. The molecule has 1 aromatic heterocycles. The molecule has 1 aliphatic heterocycles. The maximum atomic E-state index is 12.5. The van der Waals surface area contributed by atoms with Crippen LogP contribution in [0.1, 0.15) is 71.6 Å². The summed E-state index contributed by atoms with van der Waals surface area (Å²) >= 11 is 0. The second kappa shape index (κ2) is 9.73. The van der Waals surface area contributed by atoms with E-state index in [1.54, 1.807) is 6.92 Å². The molecule has 1 aliphatic rings. The van der Waals surface area contributed by atoms with Crippen molar-refractivity contribution in [2.24, 2.45) is 0 Å². The molecule has 1 unspecified atom stereocenters. The van der Waals surface area contributed by atoms with Crippen LogP contribution in [-0.4, -0.2) is 49.1 Å². The fourth-order valence-corrected chi connectivity index (χ4v) is 3.30. The van der Waals surface area contributed by atoms with Gasteiger partial charge in [0.15, 0.2) is 5.78 Å². The highest BCUT2D eigenvalue weighted by Gasteiger charge is 2.21. The number of hydrogen-bond donors (Lipinski definition) is 2. The Kier molecular flexibility index (Phi) is 7.65. The van der Waals surface area contributed by atoms with Gasteiger partial charge < -0.3 is 19.8 Å². The minimum absolute atomic E-state index is 0.00113. The molecule has 1 amide bonds. The summed E-state index contributed by atoms with van der Waals surface area (Å²) < 4.78 is 11.1. The third kappa shape index (κ3) is 5.41. The van der Waals surface area contributed by atoms with Crippen LogP contribution in [0, 0.1) is 6.92 Å². The molecule has 2 rings (SSSR count). The standard InChI is InChI=1S/C19H30N2O4/c1-4-7-16-17(14(3)22)13(2)21-18(16)19(23)20-9-6-10-24-12-15-8-5-11-25-15/h15,21H,4-12H2,1-3H3,(H,20,23). The number of rotatable bonds is 10. The highest BCUT2D eigenvalue weighted by Crippen LogP contribution is 2.21. The van der Waals surface area contributed by atoms with Gasteiger partial charge in [0.1, 0.15) is 5.69 Å². The smallest absolute Gasteiger partial charge is 0.268 e. The van der Waals surface area contributed by atoms with E-state index in [-0.39, 0.29) is 17.8 Å². The van der Waals surface area contributed by atoms with Gasteiger partial charge in [-0.1, -0.05) is 13.3 Å². The Morgan fingerprint density at radius 1 is 1.40 bits per heavy atom. The van der Waals surface area contributed by atoms with Gasteiger partial charge in [0.05, 0.1) is 12.7 Å². The summed E-state index contributed by atoms with van der Waals surface area (Å²) in [6.45, 7) is 8.04. The van der Waals surface area contributed by atoms with E-state index in [0.717, 1.165) is 43.5 Å². The average molecular weight is 350 g/mol. The fourth-order valence-electron chi connectivity index (χ4n) is 3.30.